The summed E-state index contributed by atoms with van der Waals surface area (Å²) in [4.78, 5) is 15.6. The lowest BCUT2D eigenvalue weighted by Crippen LogP contribution is -2.25. The number of carbonyl (C=O) groups is 1. The number of aromatic nitrogens is 1. The van der Waals surface area contributed by atoms with Crippen LogP contribution in [0.15, 0.2) is 17.8 Å². The molecule has 0 aliphatic heterocycles. The number of nitrogens with one attached hydrogen (secondary N) is 1. The van der Waals surface area contributed by atoms with Gasteiger partial charge in [0.2, 0.25) is 0 Å². The normalized spacial score (nSPS) is 16.3. The lowest BCUT2D eigenvalue weighted by atomic mass is 9.87. The van der Waals surface area contributed by atoms with E-state index in [9.17, 15) is 9.18 Å². The van der Waals surface area contributed by atoms with Gasteiger partial charge in [0.05, 0.1) is 10.7 Å². The fourth-order valence-corrected chi connectivity index (χ4v) is 3.28. The number of nitrogens with zero attached hydrogens (tertiary/aromatic N) is 1. The largest absolute Gasteiger partial charge is 0.350 e. The quantitative estimate of drug-likeness (QED) is 0.842. The summed E-state index contributed by atoms with van der Waals surface area (Å²) in [6.45, 7) is 3.36. The highest BCUT2D eigenvalue weighted by Crippen LogP contribution is 2.32. The summed E-state index contributed by atoms with van der Waals surface area (Å²) in [5, 5.41) is 5.60. The summed E-state index contributed by atoms with van der Waals surface area (Å²) in [5.74, 6) is -1.06. The van der Waals surface area contributed by atoms with E-state index >= 15 is 0 Å². The monoisotopic (exact) mass is 282 g/mol. The van der Waals surface area contributed by atoms with Crippen molar-refractivity contribution < 1.29 is 9.18 Å². The molecule has 0 atom stereocenters. The second-order valence-corrected chi connectivity index (χ2v) is 5.85. The van der Waals surface area contributed by atoms with E-state index in [0.29, 0.717) is 18.9 Å². The van der Waals surface area contributed by atoms with Gasteiger partial charge in [0.1, 0.15) is 0 Å². The number of hydrogen-bond acceptors (Lipinski definition) is 3. The summed E-state index contributed by atoms with van der Waals surface area (Å²) in [5.41, 5.74) is 1.20. The van der Waals surface area contributed by atoms with Crippen LogP contribution in [0.25, 0.3) is 0 Å². The van der Waals surface area contributed by atoms with Gasteiger partial charge < -0.3 is 5.32 Å². The zero-order valence-electron chi connectivity index (χ0n) is 11.0. The Balaban J connectivity index is 1.80. The van der Waals surface area contributed by atoms with Crippen LogP contribution in [0.4, 0.5) is 4.39 Å². The molecular formula is C14H19FN2OS. The smallest absolute Gasteiger partial charge is 0.279 e. The third-order valence-electron chi connectivity index (χ3n) is 3.46. The molecule has 0 bridgehead atoms. The third-order valence-corrected chi connectivity index (χ3v) is 4.39. The topological polar surface area (TPSA) is 42.0 Å². The average molecular weight is 282 g/mol. The molecule has 5 heteroatoms. The van der Waals surface area contributed by atoms with E-state index in [-0.39, 0.29) is 0 Å². The maximum Gasteiger partial charge on any atom is 0.279 e. The SMILES string of the molecule is C=C(F)C(=O)NCCc1nc(C2CCCCC2)cs1. The van der Waals surface area contributed by atoms with Gasteiger partial charge in [0.25, 0.3) is 5.91 Å². The van der Waals surface area contributed by atoms with Crippen LogP contribution in [-0.2, 0) is 11.2 Å². The first kappa shape index (κ1) is 14.2. The second-order valence-electron chi connectivity index (χ2n) is 4.91. The molecule has 1 aliphatic carbocycles. The van der Waals surface area contributed by atoms with Crippen LogP contribution >= 0.6 is 11.3 Å². The van der Waals surface area contributed by atoms with Crippen LogP contribution in [0.5, 0.6) is 0 Å². The van der Waals surface area contributed by atoms with E-state index in [1.54, 1.807) is 11.3 Å². The van der Waals surface area contributed by atoms with Crippen LogP contribution in [-0.4, -0.2) is 17.4 Å². The van der Waals surface area contributed by atoms with E-state index in [1.807, 2.05) is 0 Å². The third kappa shape index (κ3) is 4.13. The Labute approximate surface area is 116 Å². The minimum absolute atomic E-state index is 0.402. The van der Waals surface area contributed by atoms with Gasteiger partial charge in [-0.15, -0.1) is 11.3 Å². The Bertz CT molecular complexity index is 452. The molecule has 1 amide bonds. The molecule has 1 heterocycles. The van der Waals surface area contributed by atoms with Crippen LogP contribution in [0, 0.1) is 0 Å². The number of amides is 1. The first-order valence-corrected chi connectivity index (χ1v) is 7.61. The van der Waals surface area contributed by atoms with Gasteiger partial charge in [-0.1, -0.05) is 25.8 Å². The van der Waals surface area contributed by atoms with Crippen molar-refractivity contribution in [1.82, 2.24) is 10.3 Å². The lowest BCUT2D eigenvalue weighted by Gasteiger charge is -2.19. The average Bonchev–Trinajstić information content (AvgIpc) is 2.88. The van der Waals surface area contributed by atoms with E-state index in [1.165, 1.54) is 37.8 Å². The Morgan fingerprint density at radius 3 is 2.89 bits per heavy atom. The molecule has 0 saturated heterocycles. The number of halogens is 1. The Morgan fingerprint density at radius 2 is 2.21 bits per heavy atom. The van der Waals surface area contributed by atoms with Crippen molar-refractivity contribution in [2.75, 3.05) is 6.54 Å². The molecule has 1 aromatic rings. The van der Waals surface area contributed by atoms with Gasteiger partial charge in [0, 0.05) is 24.3 Å². The van der Waals surface area contributed by atoms with Crippen LogP contribution < -0.4 is 5.32 Å². The summed E-state index contributed by atoms with van der Waals surface area (Å²) in [6, 6.07) is 0. The molecule has 0 aromatic carbocycles. The molecule has 1 aromatic heterocycles. The van der Waals surface area contributed by atoms with Gasteiger partial charge >= 0.3 is 0 Å². The summed E-state index contributed by atoms with van der Waals surface area (Å²) >= 11 is 1.62. The fourth-order valence-electron chi connectivity index (χ4n) is 2.40. The minimum atomic E-state index is -0.943. The second kappa shape index (κ2) is 6.80. The van der Waals surface area contributed by atoms with Gasteiger partial charge in [-0.2, -0.15) is 0 Å². The number of carbonyl (C=O) groups excluding carboxylic acids is 1. The lowest BCUT2D eigenvalue weighted by molar-refractivity contribution is -0.118. The van der Waals surface area contributed by atoms with Crippen LogP contribution in [0.3, 0.4) is 0 Å². The first-order chi connectivity index (χ1) is 9.16. The van der Waals surface area contributed by atoms with Crippen molar-refractivity contribution in [3.8, 4) is 0 Å². The fraction of sp³-hybridized carbons (Fsp3) is 0.571. The zero-order chi connectivity index (χ0) is 13.7. The maximum absolute atomic E-state index is 12.4. The molecule has 1 saturated carbocycles. The Kier molecular flexibility index (Phi) is 5.07. The molecule has 3 nitrogen and oxygen atoms in total. The number of rotatable bonds is 5. The van der Waals surface area contributed by atoms with Crippen molar-refractivity contribution in [2.24, 2.45) is 0 Å². The van der Waals surface area contributed by atoms with Gasteiger partial charge in [-0.3, -0.25) is 4.79 Å². The van der Waals surface area contributed by atoms with Crippen molar-refractivity contribution in [3.63, 3.8) is 0 Å². The van der Waals surface area contributed by atoms with Gasteiger partial charge in [-0.25, -0.2) is 9.37 Å². The van der Waals surface area contributed by atoms with Crippen molar-refractivity contribution in [1.29, 1.82) is 0 Å². The van der Waals surface area contributed by atoms with E-state index in [2.05, 4.69) is 22.3 Å². The molecule has 0 radical (unpaired) electrons. The molecule has 1 fully saturated rings. The minimum Gasteiger partial charge on any atom is -0.350 e. The van der Waals surface area contributed by atoms with Crippen molar-refractivity contribution in [3.05, 3.63) is 28.5 Å². The maximum atomic E-state index is 12.4. The highest BCUT2D eigenvalue weighted by Gasteiger charge is 2.18. The highest BCUT2D eigenvalue weighted by molar-refractivity contribution is 7.09. The zero-order valence-corrected chi connectivity index (χ0v) is 11.8. The number of hydrogen-bond donors (Lipinski definition) is 1. The molecule has 0 unspecified atom stereocenters. The van der Waals surface area contributed by atoms with E-state index in [4.69, 9.17) is 0 Å². The van der Waals surface area contributed by atoms with E-state index < -0.39 is 11.7 Å². The van der Waals surface area contributed by atoms with Crippen molar-refractivity contribution in [2.45, 2.75) is 44.4 Å². The molecule has 2 rings (SSSR count). The first-order valence-electron chi connectivity index (χ1n) is 6.73. The molecule has 0 spiro atoms. The molecular weight excluding hydrogens is 263 g/mol. The summed E-state index contributed by atoms with van der Waals surface area (Å²) in [7, 11) is 0. The Morgan fingerprint density at radius 1 is 1.47 bits per heavy atom. The van der Waals surface area contributed by atoms with Crippen LogP contribution in [0.2, 0.25) is 0 Å². The van der Waals surface area contributed by atoms with Crippen molar-refractivity contribution >= 4 is 17.2 Å². The standard InChI is InChI=1S/C14H19FN2OS/c1-10(15)14(18)16-8-7-13-17-12(9-19-13)11-5-3-2-4-6-11/h9,11H,1-8H2,(H,16,18). The highest BCUT2D eigenvalue weighted by atomic mass is 32.1. The summed E-state index contributed by atoms with van der Waals surface area (Å²) in [6.07, 6.45) is 7.06. The van der Waals surface area contributed by atoms with Crippen LogP contribution in [0.1, 0.15) is 48.7 Å². The number of thiazole rings is 1. The van der Waals surface area contributed by atoms with Gasteiger partial charge in [-0.05, 0) is 12.8 Å². The Hall–Kier alpha value is -1.23. The molecule has 1 aliphatic rings. The summed E-state index contributed by atoms with van der Waals surface area (Å²) < 4.78 is 12.4. The predicted molar refractivity (Wildman–Crippen MR) is 74.9 cm³/mol. The van der Waals surface area contributed by atoms with Gasteiger partial charge in [0.15, 0.2) is 5.83 Å². The predicted octanol–water partition coefficient (Wildman–Crippen LogP) is 3.33. The molecule has 19 heavy (non-hydrogen) atoms. The molecule has 1 N–H and O–H groups in total. The molecule has 104 valence electrons. The van der Waals surface area contributed by atoms with E-state index in [0.717, 1.165) is 5.01 Å².